The number of nitrogens with zero attached hydrogens (tertiary/aromatic N) is 4. The monoisotopic (exact) mass is 401 g/mol. The van der Waals surface area contributed by atoms with Gasteiger partial charge in [-0.3, -0.25) is 14.2 Å². The van der Waals surface area contributed by atoms with Gasteiger partial charge in [-0.05, 0) is 13.0 Å². The molecule has 12 heteroatoms. The summed E-state index contributed by atoms with van der Waals surface area (Å²) >= 11 is 5.69. The van der Waals surface area contributed by atoms with Crippen molar-refractivity contribution in [2.75, 3.05) is 5.32 Å². The highest BCUT2D eigenvalue weighted by Crippen LogP contribution is 2.32. The predicted octanol–water partition coefficient (Wildman–Crippen LogP) is 1.61. The van der Waals surface area contributed by atoms with Gasteiger partial charge >= 0.3 is 11.9 Å². The van der Waals surface area contributed by atoms with Gasteiger partial charge in [0.2, 0.25) is 5.91 Å². The molecular formula is C15H11ClF3N5O3. The lowest BCUT2D eigenvalue weighted by Crippen LogP contribution is -2.43. The molecule has 0 aliphatic heterocycles. The molecule has 2 aromatic rings. The van der Waals surface area contributed by atoms with E-state index in [0.717, 1.165) is 10.8 Å². The van der Waals surface area contributed by atoms with E-state index in [-0.39, 0.29) is 17.9 Å². The van der Waals surface area contributed by atoms with Crippen LogP contribution in [0.1, 0.15) is 18.1 Å². The molecule has 0 fully saturated rings. The van der Waals surface area contributed by atoms with E-state index in [1.807, 2.05) is 0 Å². The van der Waals surface area contributed by atoms with Gasteiger partial charge in [0.25, 0.3) is 5.56 Å². The van der Waals surface area contributed by atoms with Crippen molar-refractivity contribution in [1.82, 2.24) is 14.1 Å². The fourth-order valence-corrected chi connectivity index (χ4v) is 2.31. The maximum atomic E-state index is 12.6. The number of hydrogen-bond acceptors (Lipinski definition) is 5. The van der Waals surface area contributed by atoms with E-state index in [9.17, 15) is 27.6 Å². The van der Waals surface area contributed by atoms with Crippen molar-refractivity contribution >= 4 is 23.3 Å². The lowest BCUT2D eigenvalue weighted by molar-refractivity contribution is -0.137. The number of aromatic nitrogens is 3. The number of pyridine rings is 1. The summed E-state index contributed by atoms with van der Waals surface area (Å²) in [5.74, 6) is -1.30. The van der Waals surface area contributed by atoms with Gasteiger partial charge < -0.3 is 5.32 Å². The van der Waals surface area contributed by atoms with Gasteiger partial charge in [0.05, 0.1) is 10.6 Å². The smallest absolute Gasteiger partial charge is 0.308 e. The fourth-order valence-electron chi connectivity index (χ4n) is 2.10. The Morgan fingerprint density at radius 3 is 2.59 bits per heavy atom. The maximum Gasteiger partial charge on any atom is 0.417 e. The third-order valence-electron chi connectivity index (χ3n) is 3.43. The molecule has 27 heavy (non-hydrogen) atoms. The van der Waals surface area contributed by atoms with Crippen LogP contribution in [0.4, 0.5) is 19.0 Å². The van der Waals surface area contributed by atoms with Crippen LogP contribution in [0.25, 0.3) is 0 Å². The quantitative estimate of drug-likeness (QED) is 0.837. The standard InChI is InChI=1S/C15H11ClF3N5O3/c1-2-23-6-8(4-20)13(26)24(14(23)27)7-11(25)22-12-10(16)3-9(5-21-12)15(17,18)19/h3,5-6H,2,7H2,1H3,(H,21,22,25). The fraction of sp³-hybridized carbons (Fsp3) is 0.267. The minimum Gasteiger partial charge on any atom is -0.308 e. The zero-order valence-corrected chi connectivity index (χ0v) is 14.4. The number of nitrogens with one attached hydrogen (secondary N) is 1. The molecule has 0 atom stereocenters. The number of alkyl halides is 3. The average Bonchev–Trinajstić information content (AvgIpc) is 2.59. The molecule has 0 aromatic carbocycles. The minimum absolute atomic E-state index is 0.154. The predicted molar refractivity (Wildman–Crippen MR) is 88.2 cm³/mol. The van der Waals surface area contributed by atoms with Crippen molar-refractivity contribution in [2.45, 2.75) is 26.2 Å². The molecule has 2 aromatic heterocycles. The van der Waals surface area contributed by atoms with E-state index in [0.29, 0.717) is 16.8 Å². The van der Waals surface area contributed by atoms with E-state index < -0.39 is 40.5 Å². The summed E-state index contributed by atoms with van der Waals surface area (Å²) in [5.41, 5.74) is -3.22. The van der Waals surface area contributed by atoms with Gasteiger partial charge in [0.15, 0.2) is 5.82 Å². The number of halogens is 4. The summed E-state index contributed by atoms with van der Waals surface area (Å²) in [6.45, 7) is 0.983. The molecule has 8 nitrogen and oxygen atoms in total. The molecule has 0 saturated carbocycles. The Balaban J connectivity index is 2.31. The molecule has 142 valence electrons. The van der Waals surface area contributed by atoms with Crippen molar-refractivity contribution in [1.29, 1.82) is 5.26 Å². The summed E-state index contributed by atoms with van der Waals surface area (Å²) < 4.78 is 39.4. The van der Waals surface area contributed by atoms with Crippen molar-refractivity contribution in [3.05, 3.63) is 55.4 Å². The topological polar surface area (TPSA) is 110 Å². The van der Waals surface area contributed by atoms with Crippen molar-refractivity contribution in [3.63, 3.8) is 0 Å². The Kier molecular flexibility index (Phi) is 5.70. The molecule has 2 heterocycles. The highest BCUT2D eigenvalue weighted by molar-refractivity contribution is 6.33. The summed E-state index contributed by atoms with van der Waals surface area (Å²) in [6.07, 6.45) is -3.10. The van der Waals surface area contributed by atoms with Gasteiger partial charge in [-0.15, -0.1) is 0 Å². The number of carbonyl (C=O) groups is 1. The largest absolute Gasteiger partial charge is 0.417 e. The molecule has 0 aliphatic carbocycles. The van der Waals surface area contributed by atoms with Crippen LogP contribution >= 0.6 is 11.6 Å². The van der Waals surface area contributed by atoms with Crippen LogP contribution in [0, 0.1) is 11.3 Å². The molecule has 0 bridgehead atoms. The lowest BCUT2D eigenvalue weighted by Gasteiger charge is -2.11. The summed E-state index contributed by atoms with van der Waals surface area (Å²) in [7, 11) is 0. The van der Waals surface area contributed by atoms with Crippen molar-refractivity contribution in [2.24, 2.45) is 0 Å². The van der Waals surface area contributed by atoms with E-state index in [2.05, 4.69) is 10.3 Å². The van der Waals surface area contributed by atoms with Crippen LogP contribution < -0.4 is 16.6 Å². The van der Waals surface area contributed by atoms with Crippen molar-refractivity contribution in [3.8, 4) is 6.07 Å². The SMILES string of the molecule is CCn1cc(C#N)c(=O)n(CC(=O)Nc2ncc(C(F)(F)F)cc2Cl)c1=O. The van der Waals surface area contributed by atoms with E-state index in [1.165, 1.54) is 0 Å². The van der Waals surface area contributed by atoms with Gasteiger partial charge in [0.1, 0.15) is 18.2 Å². The van der Waals surface area contributed by atoms with Gasteiger partial charge in [-0.25, -0.2) is 14.3 Å². The molecule has 2 rings (SSSR count). The first-order valence-corrected chi connectivity index (χ1v) is 7.73. The molecule has 1 amide bonds. The number of amides is 1. The van der Waals surface area contributed by atoms with Crippen LogP contribution in [-0.2, 0) is 24.1 Å². The zero-order valence-electron chi connectivity index (χ0n) is 13.7. The highest BCUT2D eigenvalue weighted by atomic mass is 35.5. The third-order valence-corrected chi connectivity index (χ3v) is 3.71. The van der Waals surface area contributed by atoms with E-state index in [4.69, 9.17) is 16.9 Å². The lowest BCUT2D eigenvalue weighted by atomic mass is 10.3. The average molecular weight is 402 g/mol. The molecule has 1 N–H and O–H groups in total. The second kappa shape index (κ2) is 7.63. The summed E-state index contributed by atoms with van der Waals surface area (Å²) in [5, 5.41) is 10.6. The Morgan fingerprint density at radius 1 is 1.41 bits per heavy atom. The number of aryl methyl sites for hydroxylation is 1. The second-order valence-corrected chi connectivity index (χ2v) is 5.62. The first-order valence-electron chi connectivity index (χ1n) is 7.35. The second-order valence-electron chi connectivity index (χ2n) is 5.21. The van der Waals surface area contributed by atoms with Crippen LogP contribution in [-0.4, -0.2) is 20.0 Å². The van der Waals surface area contributed by atoms with Crippen LogP contribution in [0.3, 0.4) is 0 Å². The normalized spacial score (nSPS) is 11.1. The van der Waals surface area contributed by atoms with Crippen LogP contribution in [0.5, 0.6) is 0 Å². The molecule has 0 unspecified atom stereocenters. The summed E-state index contributed by atoms with van der Waals surface area (Å²) in [4.78, 5) is 39.8. The Morgan fingerprint density at radius 2 is 2.07 bits per heavy atom. The highest BCUT2D eigenvalue weighted by Gasteiger charge is 2.31. The van der Waals surface area contributed by atoms with Crippen LogP contribution in [0.15, 0.2) is 28.0 Å². The first kappa shape index (κ1) is 20.2. The Bertz CT molecular complexity index is 1050. The summed E-state index contributed by atoms with van der Waals surface area (Å²) in [6, 6.07) is 2.21. The minimum atomic E-state index is -4.66. The molecule has 0 spiro atoms. The van der Waals surface area contributed by atoms with Gasteiger partial charge in [-0.1, -0.05) is 11.6 Å². The maximum absolute atomic E-state index is 12.6. The van der Waals surface area contributed by atoms with Crippen LogP contribution in [0.2, 0.25) is 5.02 Å². The molecule has 0 aliphatic rings. The molecular weight excluding hydrogens is 391 g/mol. The van der Waals surface area contributed by atoms with Crippen molar-refractivity contribution < 1.29 is 18.0 Å². The Labute approximate surface area is 154 Å². The third kappa shape index (κ3) is 4.35. The van der Waals surface area contributed by atoms with E-state index in [1.54, 1.807) is 13.0 Å². The number of hydrogen-bond donors (Lipinski definition) is 1. The molecule has 0 radical (unpaired) electrons. The molecule has 0 saturated heterocycles. The number of nitriles is 1. The number of anilines is 1. The Hall–Kier alpha value is -3.13. The first-order chi connectivity index (χ1) is 12.6. The van der Waals surface area contributed by atoms with E-state index >= 15 is 0 Å². The van der Waals surface area contributed by atoms with Gasteiger partial charge in [-0.2, -0.15) is 18.4 Å². The number of carbonyl (C=O) groups excluding carboxylic acids is 1. The number of rotatable bonds is 4. The zero-order chi connectivity index (χ0) is 20.4. The van der Waals surface area contributed by atoms with Gasteiger partial charge in [0, 0.05) is 18.9 Å².